The minimum absolute atomic E-state index is 0.0102. The molecule has 0 radical (unpaired) electrons. The summed E-state index contributed by atoms with van der Waals surface area (Å²) in [6.45, 7) is 7.66. The molecular weight excluding hydrogens is 337 g/mol. The average Bonchev–Trinajstić information content (AvgIpc) is 2.47. The molecular formula is C15H26NO5PS. The first kappa shape index (κ1) is 20.3. The van der Waals surface area contributed by atoms with E-state index in [1.807, 2.05) is 13.8 Å². The van der Waals surface area contributed by atoms with E-state index in [2.05, 4.69) is 4.72 Å². The van der Waals surface area contributed by atoms with Crippen LogP contribution in [0.4, 0.5) is 0 Å². The molecule has 6 nitrogen and oxygen atoms in total. The summed E-state index contributed by atoms with van der Waals surface area (Å²) in [5.74, 6) is 0. The van der Waals surface area contributed by atoms with Crippen molar-refractivity contribution in [3.05, 3.63) is 29.8 Å². The Balaban J connectivity index is 2.89. The Morgan fingerprint density at radius 2 is 1.61 bits per heavy atom. The summed E-state index contributed by atoms with van der Waals surface area (Å²) in [7, 11) is -6.98. The lowest BCUT2D eigenvalue weighted by Gasteiger charge is -2.23. The molecule has 1 rings (SSSR count). The molecule has 1 aromatic carbocycles. The molecule has 132 valence electrons. The highest BCUT2D eigenvalue weighted by molar-refractivity contribution is 7.89. The summed E-state index contributed by atoms with van der Waals surface area (Å²) in [4.78, 5) is 0.184. The third-order valence-electron chi connectivity index (χ3n) is 3.24. The summed E-state index contributed by atoms with van der Waals surface area (Å²) < 4.78 is 50.5. The number of nitrogens with one attached hydrogen (secondary N) is 1. The second kappa shape index (κ2) is 8.94. The van der Waals surface area contributed by atoms with E-state index in [1.165, 1.54) is 0 Å². The maximum absolute atomic E-state index is 12.6. The predicted molar refractivity (Wildman–Crippen MR) is 91.3 cm³/mol. The van der Waals surface area contributed by atoms with Crippen LogP contribution >= 0.6 is 7.60 Å². The molecule has 1 atom stereocenters. The third kappa shape index (κ3) is 6.36. The van der Waals surface area contributed by atoms with Crippen molar-refractivity contribution in [1.82, 2.24) is 4.72 Å². The van der Waals surface area contributed by atoms with Gasteiger partial charge in [-0.25, -0.2) is 13.1 Å². The fraction of sp³-hybridized carbons (Fsp3) is 0.600. The van der Waals surface area contributed by atoms with Gasteiger partial charge in [-0.3, -0.25) is 4.57 Å². The molecule has 0 fully saturated rings. The quantitative estimate of drug-likeness (QED) is 0.645. The van der Waals surface area contributed by atoms with Crippen LogP contribution in [-0.4, -0.2) is 33.8 Å². The van der Waals surface area contributed by atoms with E-state index < -0.39 is 23.7 Å². The van der Waals surface area contributed by atoms with Crippen LogP contribution in [0.5, 0.6) is 0 Å². The highest BCUT2D eigenvalue weighted by Gasteiger charge is 2.30. The number of aryl methyl sites for hydroxylation is 1. The predicted octanol–water partition coefficient (Wildman–Crippen LogP) is 3.32. The smallest absolute Gasteiger partial charge is 0.309 e. The van der Waals surface area contributed by atoms with Gasteiger partial charge in [-0.15, -0.1) is 0 Å². The van der Waals surface area contributed by atoms with Gasteiger partial charge in [0.25, 0.3) is 0 Å². The van der Waals surface area contributed by atoms with Crippen molar-refractivity contribution >= 4 is 17.6 Å². The number of benzene rings is 1. The Kier molecular flexibility index (Phi) is 7.90. The molecule has 1 unspecified atom stereocenters. The van der Waals surface area contributed by atoms with Gasteiger partial charge in [-0.1, -0.05) is 24.6 Å². The molecule has 0 spiro atoms. The van der Waals surface area contributed by atoms with Gasteiger partial charge in [0.15, 0.2) is 0 Å². The second-order valence-corrected chi connectivity index (χ2v) is 8.99. The number of hydrogen-bond donors (Lipinski definition) is 1. The normalized spacial score (nSPS) is 13.9. The van der Waals surface area contributed by atoms with E-state index in [-0.39, 0.29) is 24.3 Å². The van der Waals surface area contributed by atoms with Crippen LogP contribution in [0.15, 0.2) is 29.2 Å². The number of rotatable bonds is 10. The Morgan fingerprint density at radius 1 is 1.09 bits per heavy atom. The van der Waals surface area contributed by atoms with Crippen LogP contribution in [0.1, 0.15) is 32.8 Å². The highest BCUT2D eigenvalue weighted by atomic mass is 32.2. The van der Waals surface area contributed by atoms with Gasteiger partial charge in [0, 0.05) is 6.04 Å². The molecule has 1 N–H and O–H groups in total. The first-order valence-electron chi connectivity index (χ1n) is 7.73. The second-order valence-electron chi connectivity index (χ2n) is 5.17. The topological polar surface area (TPSA) is 81.7 Å². The van der Waals surface area contributed by atoms with E-state index in [1.54, 1.807) is 38.1 Å². The molecule has 0 aliphatic carbocycles. The van der Waals surface area contributed by atoms with Crippen LogP contribution in [0.3, 0.4) is 0 Å². The third-order valence-corrected chi connectivity index (χ3v) is 6.97. The Hall–Kier alpha value is -0.720. The summed E-state index contributed by atoms with van der Waals surface area (Å²) in [6.07, 6.45) is 0.492. The molecule has 0 bridgehead atoms. The largest absolute Gasteiger partial charge is 0.332 e. The van der Waals surface area contributed by atoms with E-state index in [9.17, 15) is 13.0 Å². The first-order chi connectivity index (χ1) is 10.8. The van der Waals surface area contributed by atoms with Crippen LogP contribution in [-0.2, 0) is 23.6 Å². The first-order valence-corrected chi connectivity index (χ1v) is 10.9. The minimum atomic E-state index is -3.67. The maximum atomic E-state index is 12.6. The molecule has 0 saturated carbocycles. The van der Waals surface area contributed by atoms with Crippen molar-refractivity contribution < 1.29 is 22.0 Å². The zero-order chi connectivity index (χ0) is 17.5. The molecule has 23 heavy (non-hydrogen) atoms. The SMILES string of the molecule is CCOP(=O)(CC(CC)NS(=O)(=O)c1ccc(C)cc1)OCC. The van der Waals surface area contributed by atoms with Crippen LogP contribution in [0.2, 0.25) is 0 Å². The van der Waals surface area contributed by atoms with Gasteiger partial charge in [0.05, 0.1) is 24.3 Å². The van der Waals surface area contributed by atoms with Crippen molar-refractivity contribution in [3.8, 4) is 0 Å². The van der Waals surface area contributed by atoms with Crippen LogP contribution in [0, 0.1) is 6.92 Å². The summed E-state index contributed by atoms with van der Waals surface area (Å²) >= 11 is 0. The lowest BCUT2D eigenvalue weighted by Crippen LogP contribution is -2.37. The Morgan fingerprint density at radius 3 is 2.04 bits per heavy atom. The Bertz CT molecular complexity index is 620. The van der Waals surface area contributed by atoms with Crippen molar-refractivity contribution in [1.29, 1.82) is 0 Å². The van der Waals surface area contributed by atoms with Gasteiger partial charge >= 0.3 is 7.60 Å². The van der Waals surface area contributed by atoms with Crippen molar-refractivity contribution in [3.63, 3.8) is 0 Å². The molecule has 0 aliphatic rings. The molecule has 0 amide bonds. The molecule has 1 aromatic rings. The van der Waals surface area contributed by atoms with Gasteiger partial charge in [-0.2, -0.15) is 0 Å². The van der Waals surface area contributed by atoms with E-state index in [4.69, 9.17) is 9.05 Å². The van der Waals surface area contributed by atoms with Crippen molar-refractivity contribution in [2.75, 3.05) is 19.4 Å². The van der Waals surface area contributed by atoms with Crippen molar-refractivity contribution in [2.45, 2.75) is 45.1 Å². The van der Waals surface area contributed by atoms with Gasteiger partial charge in [-0.05, 0) is 39.3 Å². The molecule has 0 aromatic heterocycles. The fourth-order valence-corrected chi connectivity index (χ4v) is 5.46. The summed E-state index contributed by atoms with van der Waals surface area (Å²) in [5, 5.41) is 0. The zero-order valence-electron chi connectivity index (χ0n) is 14.1. The van der Waals surface area contributed by atoms with E-state index >= 15 is 0 Å². The molecule has 8 heteroatoms. The number of hydrogen-bond acceptors (Lipinski definition) is 5. The van der Waals surface area contributed by atoms with Gasteiger partial charge in [0.2, 0.25) is 10.0 Å². The van der Waals surface area contributed by atoms with Crippen LogP contribution in [0.25, 0.3) is 0 Å². The molecule has 0 saturated heterocycles. The fourth-order valence-electron chi connectivity index (χ4n) is 2.06. The van der Waals surface area contributed by atoms with Gasteiger partial charge < -0.3 is 9.05 Å². The minimum Gasteiger partial charge on any atom is -0.309 e. The standard InChI is InChI=1S/C15H26NO5PS/c1-5-14(12-22(17,20-6-2)21-7-3)16-23(18,19)15-10-8-13(4)9-11-15/h8-11,14,16H,5-7,12H2,1-4H3. The van der Waals surface area contributed by atoms with E-state index in [0.717, 1.165) is 5.56 Å². The lowest BCUT2D eigenvalue weighted by atomic mass is 10.2. The van der Waals surface area contributed by atoms with Gasteiger partial charge in [0.1, 0.15) is 0 Å². The monoisotopic (exact) mass is 363 g/mol. The Labute approximate surface area is 139 Å². The lowest BCUT2D eigenvalue weighted by molar-refractivity contribution is 0.218. The molecule has 0 heterocycles. The average molecular weight is 363 g/mol. The summed E-state index contributed by atoms with van der Waals surface area (Å²) in [5.41, 5.74) is 0.980. The molecule has 0 aliphatic heterocycles. The highest BCUT2D eigenvalue weighted by Crippen LogP contribution is 2.48. The number of sulfonamides is 1. The zero-order valence-corrected chi connectivity index (χ0v) is 15.8. The van der Waals surface area contributed by atoms with Crippen LogP contribution < -0.4 is 4.72 Å². The summed E-state index contributed by atoms with van der Waals surface area (Å²) in [6, 6.07) is 6.05. The van der Waals surface area contributed by atoms with E-state index in [0.29, 0.717) is 6.42 Å². The maximum Gasteiger partial charge on any atom is 0.332 e. The van der Waals surface area contributed by atoms with Crippen molar-refractivity contribution in [2.24, 2.45) is 0 Å².